The van der Waals surface area contributed by atoms with E-state index < -0.39 is 10.0 Å². The minimum absolute atomic E-state index is 0.165. The summed E-state index contributed by atoms with van der Waals surface area (Å²) in [7, 11) is -2.14. The van der Waals surface area contributed by atoms with Crippen molar-refractivity contribution in [1.82, 2.24) is 4.72 Å². The van der Waals surface area contributed by atoms with Crippen LogP contribution in [0.3, 0.4) is 0 Å². The molecule has 0 saturated heterocycles. The molecule has 0 aliphatic heterocycles. The van der Waals surface area contributed by atoms with Crippen LogP contribution in [0.4, 0.5) is 11.4 Å². The van der Waals surface area contributed by atoms with Crippen LogP contribution in [0.15, 0.2) is 77.7 Å². The van der Waals surface area contributed by atoms with Gasteiger partial charge in [0, 0.05) is 17.0 Å². The standard InChI is InChI=1S/C23H22ClN3O4S/c1-25-32(30,31)19-13-6-16(7-14-19)8-15-22(28)26-20-4-2-3-5-21(20)27-23(29)17-9-11-18(24)12-10-17/h2-7,9-14,25H,8,15H2,1H3,(H,26,28)(H,27,29). The van der Waals surface area contributed by atoms with Gasteiger partial charge in [0.2, 0.25) is 15.9 Å². The molecule has 0 heterocycles. The number of aryl methyl sites for hydroxylation is 1. The number of nitrogens with one attached hydrogen (secondary N) is 3. The molecule has 7 nitrogen and oxygen atoms in total. The second-order valence-electron chi connectivity index (χ2n) is 6.91. The van der Waals surface area contributed by atoms with Gasteiger partial charge < -0.3 is 10.6 Å². The predicted octanol–water partition coefficient (Wildman–Crippen LogP) is 4.07. The third-order valence-corrected chi connectivity index (χ3v) is 6.38. The zero-order chi connectivity index (χ0) is 23.1. The molecular formula is C23H22ClN3O4S. The maximum Gasteiger partial charge on any atom is 0.255 e. The molecule has 0 unspecified atom stereocenters. The Morgan fingerprint density at radius 3 is 2.03 bits per heavy atom. The lowest BCUT2D eigenvalue weighted by Gasteiger charge is -2.12. The van der Waals surface area contributed by atoms with Gasteiger partial charge in [0.05, 0.1) is 16.3 Å². The number of benzene rings is 3. The van der Waals surface area contributed by atoms with Crippen LogP contribution in [-0.4, -0.2) is 27.3 Å². The van der Waals surface area contributed by atoms with E-state index in [-0.39, 0.29) is 23.1 Å². The average molecular weight is 472 g/mol. The number of para-hydroxylation sites is 2. The molecule has 32 heavy (non-hydrogen) atoms. The highest BCUT2D eigenvalue weighted by Gasteiger charge is 2.13. The Morgan fingerprint density at radius 2 is 1.44 bits per heavy atom. The van der Waals surface area contributed by atoms with Gasteiger partial charge in [-0.2, -0.15) is 0 Å². The van der Waals surface area contributed by atoms with Crippen LogP contribution in [0.2, 0.25) is 5.02 Å². The lowest BCUT2D eigenvalue weighted by Crippen LogP contribution is -2.18. The fraction of sp³-hybridized carbons (Fsp3) is 0.130. The fourth-order valence-corrected chi connectivity index (χ4v) is 3.78. The van der Waals surface area contributed by atoms with Gasteiger partial charge in [-0.3, -0.25) is 9.59 Å². The highest BCUT2D eigenvalue weighted by molar-refractivity contribution is 7.89. The Bertz CT molecular complexity index is 1210. The lowest BCUT2D eigenvalue weighted by molar-refractivity contribution is -0.116. The Labute approximate surface area is 191 Å². The number of sulfonamides is 1. The number of carbonyl (C=O) groups excluding carboxylic acids is 2. The van der Waals surface area contributed by atoms with Crippen molar-refractivity contribution < 1.29 is 18.0 Å². The number of halogens is 1. The molecule has 0 aliphatic carbocycles. The molecule has 0 radical (unpaired) electrons. The van der Waals surface area contributed by atoms with Crippen molar-refractivity contribution in [3.05, 3.63) is 88.9 Å². The molecule has 0 bridgehead atoms. The molecule has 3 rings (SSSR count). The van der Waals surface area contributed by atoms with Gasteiger partial charge in [-0.1, -0.05) is 35.9 Å². The molecule has 3 N–H and O–H groups in total. The Hall–Kier alpha value is -3.20. The van der Waals surface area contributed by atoms with Gasteiger partial charge in [0.1, 0.15) is 0 Å². The van der Waals surface area contributed by atoms with Crippen molar-refractivity contribution in [2.75, 3.05) is 17.7 Å². The molecule has 9 heteroatoms. The van der Waals surface area contributed by atoms with Crippen molar-refractivity contribution >= 4 is 44.8 Å². The maximum atomic E-state index is 12.5. The first-order chi connectivity index (χ1) is 15.3. The van der Waals surface area contributed by atoms with Crippen molar-refractivity contribution in [2.24, 2.45) is 0 Å². The summed E-state index contributed by atoms with van der Waals surface area (Å²) >= 11 is 5.86. The van der Waals surface area contributed by atoms with Crippen LogP contribution in [0.25, 0.3) is 0 Å². The molecular weight excluding hydrogens is 450 g/mol. The Kier molecular flexibility index (Phi) is 7.63. The van der Waals surface area contributed by atoms with Crippen LogP contribution in [0, 0.1) is 0 Å². The monoisotopic (exact) mass is 471 g/mol. The van der Waals surface area contributed by atoms with Crippen LogP contribution < -0.4 is 15.4 Å². The van der Waals surface area contributed by atoms with Gasteiger partial charge in [-0.25, -0.2) is 13.1 Å². The van der Waals surface area contributed by atoms with E-state index >= 15 is 0 Å². The number of hydrogen-bond donors (Lipinski definition) is 3. The van der Waals surface area contributed by atoms with E-state index in [1.54, 1.807) is 60.7 Å². The van der Waals surface area contributed by atoms with E-state index in [2.05, 4.69) is 15.4 Å². The van der Waals surface area contributed by atoms with Gasteiger partial charge >= 0.3 is 0 Å². The van der Waals surface area contributed by atoms with E-state index in [1.165, 1.54) is 19.2 Å². The minimum Gasteiger partial charge on any atom is -0.324 e. The summed E-state index contributed by atoms with van der Waals surface area (Å²) in [5.41, 5.74) is 2.23. The van der Waals surface area contributed by atoms with Crippen LogP contribution in [0.1, 0.15) is 22.3 Å². The summed E-state index contributed by atoms with van der Waals surface area (Å²) in [4.78, 5) is 25.1. The second kappa shape index (κ2) is 10.4. The molecule has 0 saturated carbocycles. The van der Waals surface area contributed by atoms with Crippen molar-refractivity contribution in [2.45, 2.75) is 17.7 Å². The first-order valence-electron chi connectivity index (χ1n) is 9.77. The summed E-state index contributed by atoms with van der Waals surface area (Å²) in [6.45, 7) is 0. The first-order valence-corrected chi connectivity index (χ1v) is 11.6. The van der Waals surface area contributed by atoms with Crippen molar-refractivity contribution in [3.63, 3.8) is 0 Å². The predicted molar refractivity (Wildman–Crippen MR) is 125 cm³/mol. The first kappa shape index (κ1) is 23.5. The Morgan fingerprint density at radius 1 is 0.844 bits per heavy atom. The molecule has 0 aliphatic rings. The lowest BCUT2D eigenvalue weighted by atomic mass is 10.1. The SMILES string of the molecule is CNS(=O)(=O)c1ccc(CCC(=O)Nc2ccccc2NC(=O)c2ccc(Cl)cc2)cc1. The molecule has 2 amide bonds. The number of amides is 2. The number of rotatable bonds is 8. The smallest absolute Gasteiger partial charge is 0.255 e. The normalized spacial score (nSPS) is 11.1. The van der Waals surface area contributed by atoms with Gasteiger partial charge in [0.15, 0.2) is 0 Å². The van der Waals surface area contributed by atoms with Gasteiger partial charge in [-0.15, -0.1) is 0 Å². The average Bonchev–Trinajstić information content (AvgIpc) is 2.79. The molecule has 166 valence electrons. The topological polar surface area (TPSA) is 104 Å². The van der Waals surface area contributed by atoms with Gasteiger partial charge in [-0.05, 0) is 67.6 Å². The van der Waals surface area contributed by atoms with Crippen molar-refractivity contribution in [3.8, 4) is 0 Å². The summed E-state index contributed by atoms with van der Waals surface area (Å²) in [5, 5.41) is 6.14. The number of carbonyl (C=O) groups is 2. The maximum absolute atomic E-state index is 12.5. The molecule has 3 aromatic carbocycles. The molecule has 0 atom stereocenters. The largest absolute Gasteiger partial charge is 0.324 e. The molecule has 0 spiro atoms. The van der Waals surface area contributed by atoms with E-state index in [9.17, 15) is 18.0 Å². The highest BCUT2D eigenvalue weighted by atomic mass is 35.5. The summed E-state index contributed by atoms with van der Waals surface area (Å²) in [6.07, 6.45) is 0.628. The summed E-state index contributed by atoms with van der Waals surface area (Å²) in [5.74, 6) is -0.551. The van der Waals surface area contributed by atoms with Crippen LogP contribution in [-0.2, 0) is 21.2 Å². The summed E-state index contributed by atoms with van der Waals surface area (Å²) < 4.78 is 25.8. The zero-order valence-corrected chi connectivity index (χ0v) is 18.8. The van der Waals surface area contributed by atoms with E-state index in [0.29, 0.717) is 28.4 Å². The fourth-order valence-electron chi connectivity index (χ4n) is 2.92. The third-order valence-electron chi connectivity index (χ3n) is 4.70. The minimum atomic E-state index is -3.49. The number of hydrogen-bond acceptors (Lipinski definition) is 4. The molecule has 3 aromatic rings. The highest BCUT2D eigenvalue weighted by Crippen LogP contribution is 2.22. The van der Waals surface area contributed by atoms with E-state index in [1.807, 2.05) is 0 Å². The van der Waals surface area contributed by atoms with Gasteiger partial charge in [0.25, 0.3) is 5.91 Å². The summed E-state index contributed by atoms with van der Waals surface area (Å²) in [6, 6.07) is 19.8. The third kappa shape index (κ3) is 6.16. The van der Waals surface area contributed by atoms with E-state index in [4.69, 9.17) is 11.6 Å². The second-order valence-corrected chi connectivity index (χ2v) is 9.23. The number of anilines is 2. The molecule has 0 aromatic heterocycles. The van der Waals surface area contributed by atoms with Crippen molar-refractivity contribution in [1.29, 1.82) is 0 Å². The van der Waals surface area contributed by atoms with E-state index in [0.717, 1.165) is 5.56 Å². The zero-order valence-electron chi connectivity index (χ0n) is 17.3. The van der Waals surface area contributed by atoms with Crippen LogP contribution in [0.5, 0.6) is 0 Å². The Balaban J connectivity index is 1.61. The molecule has 0 fully saturated rings. The quantitative estimate of drug-likeness (QED) is 0.460. The van der Waals surface area contributed by atoms with Crippen LogP contribution >= 0.6 is 11.6 Å².